The number of piperidine rings is 2. The van der Waals surface area contributed by atoms with E-state index < -0.39 is 5.54 Å². The van der Waals surface area contributed by atoms with Gasteiger partial charge in [0.1, 0.15) is 5.54 Å². The zero-order valence-corrected chi connectivity index (χ0v) is 11.6. The molecule has 1 aromatic carbocycles. The average molecular weight is 283 g/mol. The Labute approximate surface area is 123 Å². The van der Waals surface area contributed by atoms with E-state index in [0.717, 1.165) is 11.3 Å². The van der Waals surface area contributed by atoms with Crippen molar-refractivity contribution in [1.82, 2.24) is 15.5 Å². The van der Waals surface area contributed by atoms with Crippen LogP contribution in [0.2, 0.25) is 0 Å². The third-order valence-corrected chi connectivity index (χ3v) is 4.98. The fourth-order valence-corrected chi connectivity index (χ4v) is 3.68. The molecule has 3 aliphatic heterocycles. The minimum absolute atomic E-state index is 0.0509. The van der Waals surface area contributed by atoms with Crippen LogP contribution in [0.1, 0.15) is 24.4 Å². The molecule has 4 aliphatic rings. The maximum atomic E-state index is 12.3. The number of hydrogen-bond acceptors (Lipinski definition) is 2. The van der Waals surface area contributed by atoms with Gasteiger partial charge in [-0.2, -0.15) is 0 Å². The van der Waals surface area contributed by atoms with E-state index in [-0.39, 0.29) is 18.0 Å². The number of carbonyl (C=O) groups is 2. The number of allylic oxidation sites excluding steroid dienone is 1. The maximum absolute atomic E-state index is 12.3. The molecule has 3 saturated heterocycles. The second-order valence-electron chi connectivity index (χ2n) is 6.14. The van der Waals surface area contributed by atoms with Gasteiger partial charge in [0.05, 0.1) is 6.04 Å². The van der Waals surface area contributed by atoms with E-state index in [9.17, 15) is 9.59 Å². The third kappa shape index (κ3) is 1.63. The average Bonchev–Trinajstić information content (AvgIpc) is 2.81. The van der Waals surface area contributed by atoms with Gasteiger partial charge in [0.2, 0.25) is 5.91 Å². The lowest BCUT2D eigenvalue weighted by Gasteiger charge is -2.55. The highest BCUT2D eigenvalue weighted by Gasteiger charge is 2.61. The molecule has 4 fully saturated rings. The number of amides is 3. The second kappa shape index (κ2) is 4.10. The summed E-state index contributed by atoms with van der Waals surface area (Å²) in [5, 5.41) is 5.80. The molecular weight excluding hydrogens is 266 g/mol. The van der Waals surface area contributed by atoms with Crippen molar-refractivity contribution in [2.75, 3.05) is 6.54 Å². The first-order valence-electron chi connectivity index (χ1n) is 7.23. The van der Waals surface area contributed by atoms with Gasteiger partial charge in [-0.3, -0.25) is 4.79 Å². The summed E-state index contributed by atoms with van der Waals surface area (Å²) >= 11 is 0. The lowest BCUT2D eigenvalue weighted by Crippen LogP contribution is -2.70. The van der Waals surface area contributed by atoms with E-state index in [2.05, 4.69) is 17.2 Å². The van der Waals surface area contributed by atoms with Crippen LogP contribution in [0, 0.1) is 5.92 Å². The highest BCUT2D eigenvalue weighted by Crippen LogP contribution is 2.50. The molecule has 108 valence electrons. The monoisotopic (exact) mass is 283 g/mol. The molecule has 5 heteroatoms. The molecule has 0 spiro atoms. The van der Waals surface area contributed by atoms with E-state index in [4.69, 9.17) is 0 Å². The summed E-state index contributed by atoms with van der Waals surface area (Å²) < 4.78 is 0. The van der Waals surface area contributed by atoms with Crippen LogP contribution in [-0.2, 0) is 4.79 Å². The van der Waals surface area contributed by atoms with E-state index in [0.29, 0.717) is 25.3 Å². The first-order valence-corrected chi connectivity index (χ1v) is 7.23. The van der Waals surface area contributed by atoms with Gasteiger partial charge in [0.15, 0.2) is 0 Å². The summed E-state index contributed by atoms with van der Waals surface area (Å²) in [6.45, 7) is 4.41. The molecule has 5 nitrogen and oxygen atoms in total. The largest absolute Gasteiger partial charge is 0.329 e. The molecule has 21 heavy (non-hydrogen) atoms. The zero-order valence-electron chi connectivity index (χ0n) is 11.6. The van der Waals surface area contributed by atoms with Crippen molar-refractivity contribution >= 4 is 11.9 Å². The van der Waals surface area contributed by atoms with Crippen LogP contribution in [0.3, 0.4) is 0 Å². The Morgan fingerprint density at radius 1 is 1.19 bits per heavy atom. The first kappa shape index (κ1) is 12.4. The molecule has 1 aliphatic carbocycles. The Balaban J connectivity index is 1.59. The first-order chi connectivity index (χ1) is 10.1. The van der Waals surface area contributed by atoms with Crippen molar-refractivity contribution in [2.45, 2.75) is 24.4 Å². The molecule has 1 atom stereocenters. The van der Waals surface area contributed by atoms with Crippen LogP contribution in [0.15, 0.2) is 42.6 Å². The van der Waals surface area contributed by atoms with Gasteiger partial charge in [-0.25, -0.2) is 4.79 Å². The molecule has 3 amide bonds. The Kier molecular flexibility index (Phi) is 2.43. The Bertz CT molecular complexity index is 634. The number of benzene rings is 1. The topological polar surface area (TPSA) is 61.4 Å². The van der Waals surface area contributed by atoms with Gasteiger partial charge in [-0.1, -0.05) is 36.9 Å². The summed E-state index contributed by atoms with van der Waals surface area (Å²) in [6.07, 6.45) is 1.40. The second-order valence-corrected chi connectivity index (χ2v) is 6.14. The predicted octanol–water partition coefficient (Wildman–Crippen LogP) is 1.55. The number of hydrogen-bond donors (Lipinski definition) is 2. The van der Waals surface area contributed by atoms with Crippen LogP contribution >= 0.6 is 0 Å². The van der Waals surface area contributed by atoms with Crippen molar-refractivity contribution in [3.8, 4) is 0 Å². The molecular formula is C16H17N3O2. The van der Waals surface area contributed by atoms with Crippen LogP contribution in [-0.4, -0.2) is 28.9 Å². The van der Waals surface area contributed by atoms with Crippen molar-refractivity contribution in [3.63, 3.8) is 0 Å². The van der Waals surface area contributed by atoms with Gasteiger partial charge in [0, 0.05) is 18.2 Å². The van der Waals surface area contributed by atoms with E-state index in [1.807, 2.05) is 30.3 Å². The summed E-state index contributed by atoms with van der Waals surface area (Å²) in [6, 6.07) is 9.66. The molecule has 2 N–H and O–H groups in total. The minimum atomic E-state index is -0.667. The van der Waals surface area contributed by atoms with Crippen LogP contribution in [0.5, 0.6) is 0 Å². The fraction of sp³-hybridized carbons (Fsp3) is 0.375. The van der Waals surface area contributed by atoms with Gasteiger partial charge in [-0.05, 0) is 18.4 Å². The lowest BCUT2D eigenvalue weighted by atomic mass is 9.62. The lowest BCUT2D eigenvalue weighted by molar-refractivity contribution is -0.143. The van der Waals surface area contributed by atoms with Gasteiger partial charge in [0.25, 0.3) is 0 Å². The minimum Gasteiger partial charge on any atom is -0.329 e. The highest BCUT2D eigenvalue weighted by atomic mass is 16.2. The molecule has 3 heterocycles. The molecule has 5 rings (SSSR count). The normalized spacial score (nSPS) is 34.3. The van der Waals surface area contributed by atoms with E-state index in [1.54, 1.807) is 4.90 Å². The molecule has 2 bridgehead atoms. The van der Waals surface area contributed by atoms with Crippen molar-refractivity contribution in [3.05, 3.63) is 48.2 Å². The smallest absolute Gasteiger partial charge is 0.318 e. The van der Waals surface area contributed by atoms with Crippen LogP contribution in [0.25, 0.3) is 0 Å². The quantitative estimate of drug-likeness (QED) is 0.865. The SMILES string of the molecule is C=C1NC(=O)C2(N3CC(c4ccccc4)NC3=O)CC1C2. The molecule has 1 saturated carbocycles. The van der Waals surface area contributed by atoms with Crippen molar-refractivity contribution in [1.29, 1.82) is 0 Å². The highest BCUT2D eigenvalue weighted by molar-refractivity contribution is 5.95. The van der Waals surface area contributed by atoms with Gasteiger partial charge in [-0.15, -0.1) is 0 Å². The van der Waals surface area contributed by atoms with Crippen LogP contribution < -0.4 is 10.6 Å². The molecule has 1 aromatic rings. The number of carbonyl (C=O) groups excluding carboxylic acids is 2. The summed E-state index contributed by atoms with van der Waals surface area (Å²) in [4.78, 5) is 26.4. The number of fused-ring (bicyclic) bond motifs is 2. The van der Waals surface area contributed by atoms with Crippen LogP contribution in [0.4, 0.5) is 4.79 Å². The molecule has 1 unspecified atom stereocenters. The van der Waals surface area contributed by atoms with E-state index in [1.165, 1.54) is 0 Å². The Morgan fingerprint density at radius 2 is 1.90 bits per heavy atom. The third-order valence-electron chi connectivity index (χ3n) is 4.98. The summed E-state index contributed by atoms with van der Waals surface area (Å²) in [5.41, 5.74) is 1.20. The standard InChI is InChI=1S/C16H17N3O2/c1-10-12-7-16(8-12,14(20)17-10)19-9-13(18-15(19)21)11-5-3-2-4-6-11/h2-6,12-13H,1,7-9H2,(H,17,20)(H,18,21). The fourth-order valence-electron chi connectivity index (χ4n) is 3.68. The number of rotatable bonds is 2. The Hall–Kier alpha value is -2.30. The number of nitrogens with zero attached hydrogens (tertiary/aromatic N) is 1. The summed E-state index contributed by atoms with van der Waals surface area (Å²) in [5.74, 6) is 0.227. The van der Waals surface area contributed by atoms with E-state index >= 15 is 0 Å². The maximum Gasteiger partial charge on any atom is 0.318 e. The number of nitrogens with one attached hydrogen (secondary N) is 2. The number of urea groups is 1. The van der Waals surface area contributed by atoms with Gasteiger partial charge >= 0.3 is 6.03 Å². The molecule has 0 radical (unpaired) electrons. The Morgan fingerprint density at radius 3 is 2.57 bits per heavy atom. The van der Waals surface area contributed by atoms with Crippen molar-refractivity contribution < 1.29 is 9.59 Å². The van der Waals surface area contributed by atoms with Crippen molar-refractivity contribution in [2.24, 2.45) is 5.92 Å². The predicted molar refractivity (Wildman–Crippen MR) is 77.2 cm³/mol. The summed E-state index contributed by atoms with van der Waals surface area (Å²) in [7, 11) is 0. The molecule has 0 aromatic heterocycles. The van der Waals surface area contributed by atoms with Gasteiger partial charge < -0.3 is 15.5 Å². The zero-order chi connectivity index (χ0) is 14.6.